The van der Waals surface area contributed by atoms with Crippen molar-refractivity contribution in [1.82, 2.24) is 0 Å². The second-order valence-corrected chi connectivity index (χ2v) is 5.27. The Morgan fingerprint density at radius 2 is 1.87 bits per heavy atom. The standard InChI is InChI=1S/C9H11O4P.Mg.2H/c10-9(11)6-7-14(12,13)8-4-2-1-3-5-8;;;/h1-5H,6-7H2,(H,10,11)(H,12,13);;;/q;+2;2*-1. The van der Waals surface area contributed by atoms with Crippen LogP contribution in [0.15, 0.2) is 30.3 Å². The molecule has 0 fully saturated rings. The Labute approximate surface area is 107 Å². The van der Waals surface area contributed by atoms with Crippen LogP contribution in [0.3, 0.4) is 0 Å². The summed E-state index contributed by atoms with van der Waals surface area (Å²) in [7, 11) is -3.48. The van der Waals surface area contributed by atoms with Gasteiger partial charge in [-0.2, -0.15) is 0 Å². The van der Waals surface area contributed by atoms with Gasteiger partial charge in [0.15, 0.2) is 0 Å². The molecule has 0 bridgehead atoms. The molecule has 4 nitrogen and oxygen atoms in total. The van der Waals surface area contributed by atoms with Crippen LogP contribution in [0, 0.1) is 0 Å². The molecule has 0 spiro atoms. The maximum absolute atomic E-state index is 11.6. The molecule has 1 aromatic carbocycles. The minimum atomic E-state index is -3.48. The summed E-state index contributed by atoms with van der Waals surface area (Å²) in [5.41, 5.74) is 0. The van der Waals surface area contributed by atoms with E-state index in [1.165, 1.54) is 12.1 Å². The monoisotopic (exact) mass is 240 g/mol. The molecular weight excluding hydrogens is 227 g/mol. The van der Waals surface area contributed by atoms with Gasteiger partial charge in [0, 0.05) is 11.5 Å². The van der Waals surface area contributed by atoms with Gasteiger partial charge in [-0.25, -0.2) is 0 Å². The number of aliphatic carboxylic acids is 1. The van der Waals surface area contributed by atoms with Crippen LogP contribution in [0.25, 0.3) is 0 Å². The van der Waals surface area contributed by atoms with Gasteiger partial charge in [-0.3, -0.25) is 9.36 Å². The van der Waals surface area contributed by atoms with Gasteiger partial charge in [0.05, 0.1) is 6.42 Å². The van der Waals surface area contributed by atoms with Crippen molar-refractivity contribution in [1.29, 1.82) is 0 Å². The van der Waals surface area contributed by atoms with E-state index in [9.17, 15) is 14.3 Å². The molecule has 80 valence electrons. The SMILES string of the molecule is O=C(O)CCP(=O)(O)c1ccccc1.[H-].[H-].[Mg+2]. The molecule has 0 heterocycles. The normalized spacial score (nSPS) is 13.7. The Hall–Kier alpha value is -0.354. The molecule has 1 unspecified atom stereocenters. The van der Waals surface area contributed by atoms with Crippen LogP contribution >= 0.6 is 7.37 Å². The van der Waals surface area contributed by atoms with Crippen molar-refractivity contribution in [2.75, 3.05) is 6.16 Å². The number of hydrogen-bond acceptors (Lipinski definition) is 2. The van der Waals surface area contributed by atoms with Gasteiger partial charge in [-0.15, -0.1) is 0 Å². The predicted molar refractivity (Wildman–Crippen MR) is 61.0 cm³/mol. The maximum Gasteiger partial charge on any atom is 2.00 e. The molecule has 0 aliphatic carbocycles. The third-order valence-corrected chi connectivity index (χ3v) is 3.72. The zero-order valence-electron chi connectivity index (χ0n) is 10.2. The Kier molecular flexibility index (Phi) is 6.13. The second-order valence-electron chi connectivity index (χ2n) is 2.90. The largest absolute Gasteiger partial charge is 2.00 e. The van der Waals surface area contributed by atoms with E-state index < -0.39 is 13.3 Å². The summed E-state index contributed by atoms with van der Waals surface area (Å²) >= 11 is 0. The van der Waals surface area contributed by atoms with Crippen molar-refractivity contribution in [2.24, 2.45) is 0 Å². The maximum atomic E-state index is 11.6. The summed E-state index contributed by atoms with van der Waals surface area (Å²) in [6.45, 7) is 0. The summed E-state index contributed by atoms with van der Waals surface area (Å²) in [5.74, 6) is -1.06. The second kappa shape index (κ2) is 6.28. The number of hydrogen-bond donors (Lipinski definition) is 2. The average Bonchev–Trinajstić information content (AvgIpc) is 2.16. The topological polar surface area (TPSA) is 74.6 Å². The van der Waals surface area contributed by atoms with Crippen molar-refractivity contribution in [2.45, 2.75) is 6.42 Å². The van der Waals surface area contributed by atoms with Crippen LogP contribution < -0.4 is 5.30 Å². The first kappa shape index (κ1) is 14.6. The summed E-state index contributed by atoms with van der Waals surface area (Å²) in [4.78, 5) is 19.8. The summed E-state index contributed by atoms with van der Waals surface area (Å²) in [5, 5.41) is 8.70. The van der Waals surface area contributed by atoms with E-state index in [-0.39, 0.29) is 38.5 Å². The van der Waals surface area contributed by atoms with Crippen LogP contribution in [0.1, 0.15) is 9.27 Å². The van der Waals surface area contributed by atoms with Crippen molar-refractivity contribution in [3.05, 3.63) is 30.3 Å². The summed E-state index contributed by atoms with van der Waals surface area (Å²) in [6.07, 6.45) is -0.505. The van der Waals surface area contributed by atoms with Gasteiger partial charge in [-0.05, 0) is 12.1 Å². The molecule has 6 heteroatoms. The van der Waals surface area contributed by atoms with E-state index in [1.807, 2.05) is 0 Å². The molecule has 1 atom stereocenters. The molecule has 0 aliphatic rings. The fraction of sp³-hybridized carbons (Fsp3) is 0.222. The fourth-order valence-corrected chi connectivity index (χ4v) is 2.43. The number of benzene rings is 1. The Balaban J connectivity index is -0.000000653. The average molecular weight is 240 g/mol. The van der Waals surface area contributed by atoms with E-state index >= 15 is 0 Å². The fourth-order valence-electron chi connectivity index (χ4n) is 1.04. The summed E-state index contributed by atoms with van der Waals surface area (Å²) < 4.78 is 11.6. The van der Waals surface area contributed by atoms with Crippen LogP contribution in [-0.4, -0.2) is 45.2 Å². The van der Waals surface area contributed by atoms with Crippen molar-refractivity contribution < 1.29 is 22.2 Å². The van der Waals surface area contributed by atoms with Gasteiger partial charge < -0.3 is 12.9 Å². The van der Waals surface area contributed by atoms with E-state index in [4.69, 9.17) is 5.11 Å². The molecule has 2 N–H and O–H groups in total. The van der Waals surface area contributed by atoms with Crippen LogP contribution in [-0.2, 0) is 9.36 Å². The number of carboxylic acids is 1. The molecule has 1 rings (SSSR count). The first-order chi connectivity index (χ1) is 6.52. The minimum absolute atomic E-state index is 0. The first-order valence-electron chi connectivity index (χ1n) is 4.11. The quantitative estimate of drug-likeness (QED) is 0.606. The number of carboxylic acid groups (broad SMARTS) is 1. The zero-order chi connectivity index (χ0) is 10.6. The van der Waals surface area contributed by atoms with Gasteiger partial charge in [-0.1, -0.05) is 18.2 Å². The predicted octanol–water partition coefficient (Wildman–Crippen LogP) is 0.901. The Bertz CT molecular complexity index is 375. The molecule has 15 heavy (non-hydrogen) atoms. The van der Waals surface area contributed by atoms with Crippen LogP contribution in [0.5, 0.6) is 0 Å². The van der Waals surface area contributed by atoms with E-state index in [0.29, 0.717) is 5.30 Å². The van der Waals surface area contributed by atoms with Crippen LogP contribution in [0.4, 0.5) is 0 Å². The van der Waals surface area contributed by atoms with Gasteiger partial charge >= 0.3 is 29.0 Å². The summed E-state index contributed by atoms with van der Waals surface area (Å²) in [6, 6.07) is 8.10. The molecular formula is C9H13MgO4P. The molecule has 0 amide bonds. The number of rotatable bonds is 4. The third-order valence-electron chi connectivity index (χ3n) is 1.79. The molecule has 0 aromatic heterocycles. The van der Waals surface area contributed by atoms with Crippen molar-refractivity contribution >= 4 is 41.7 Å². The zero-order valence-corrected chi connectivity index (χ0v) is 10.5. The van der Waals surface area contributed by atoms with E-state index in [2.05, 4.69) is 0 Å². The van der Waals surface area contributed by atoms with Gasteiger partial charge in [0.1, 0.15) is 0 Å². The third kappa shape index (κ3) is 4.80. The van der Waals surface area contributed by atoms with E-state index in [0.717, 1.165) is 0 Å². The molecule has 0 radical (unpaired) electrons. The van der Waals surface area contributed by atoms with E-state index in [1.54, 1.807) is 18.2 Å². The molecule has 0 saturated carbocycles. The Morgan fingerprint density at radius 3 is 2.33 bits per heavy atom. The number of carbonyl (C=O) groups is 1. The first-order valence-corrected chi connectivity index (χ1v) is 5.96. The van der Waals surface area contributed by atoms with Gasteiger partial charge in [0.25, 0.3) is 0 Å². The van der Waals surface area contributed by atoms with Crippen molar-refractivity contribution in [3.63, 3.8) is 0 Å². The Morgan fingerprint density at radius 1 is 1.33 bits per heavy atom. The van der Waals surface area contributed by atoms with Crippen LogP contribution in [0.2, 0.25) is 0 Å². The molecule has 1 aromatic rings. The smallest absolute Gasteiger partial charge is 1.00 e. The molecule has 0 saturated heterocycles. The van der Waals surface area contributed by atoms with Crippen molar-refractivity contribution in [3.8, 4) is 0 Å². The molecule has 0 aliphatic heterocycles. The minimum Gasteiger partial charge on any atom is -1.00 e. The van der Waals surface area contributed by atoms with Gasteiger partial charge in [0.2, 0.25) is 7.37 Å².